The first-order chi connectivity index (χ1) is 6.15. The van der Waals surface area contributed by atoms with Gasteiger partial charge >= 0.3 is 0 Å². The number of hydrogen-bond acceptors (Lipinski definition) is 4. The Morgan fingerprint density at radius 1 is 1.62 bits per heavy atom. The number of carbonyl (C=O) groups excluding carboxylic acids is 1. The average molecular weight is 183 g/mol. The molecule has 0 aromatic heterocycles. The third-order valence-electron chi connectivity index (χ3n) is 1.29. The smallest absolute Gasteiger partial charge is 0.271 e. The van der Waals surface area contributed by atoms with Crippen molar-refractivity contribution in [1.82, 2.24) is 5.32 Å². The molecule has 0 unspecified atom stereocenters. The van der Waals surface area contributed by atoms with Crippen molar-refractivity contribution in [1.29, 1.82) is 0 Å². The number of hydrogen-bond donors (Lipinski definition) is 1. The molecule has 0 spiro atoms. The first kappa shape index (κ1) is 11.4. The highest BCUT2D eigenvalue weighted by Gasteiger charge is 2.02. The van der Waals surface area contributed by atoms with Crippen LogP contribution in [0.15, 0.2) is 21.9 Å². The van der Waals surface area contributed by atoms with Crippen LogP contribution in [0.2, 0.25) is 0 Å². The van der Waals surface area contributed by atoms with E-state index in [1.165, 1.54) is 20.4 Å². The van der Waals surface area contributed by atoms with Gasteiger partial charge in [-0.25, -0.2) is 4.99 Å². The molecule has 0 rings (SSSR count). The summed E-state index contributed by atoms with van der Waals surface area (Å²) >= 11 is 0. The zero-order valence-corrected chi connectivity index (χ0v) is 8.00. The summed E-state index contributed by atoms with van der Waals surface area (Å²) in [7, 11) is 3.00. The Balaban J connectivity index is 4.58. The fourth-order valence-corrected chi connectivity index (χ4v) is 0.504. The van der Waals surface area contributed by atoms with Gasteiger partial charge in [0, 0.05) is 14.0 Å². The first-order valence-corrected chi connectivity index (χ1v) is 3.63. The van der Waals surface area contributed by atoms with Gasteiger partial charge in [0.05, 0.1) is 13.3 Å². The highest BCUT2D eigenvalue weighted by molar-refractivity contribution is 5.93. The molecule has 0 atom stereocenters. The van der Waals surface area contributed by atoms with Gasteiger partial charge in [-0.05, 0) is 6.72 Å². The molecule has 0 aromatic rings. The summed E-state index contributed by atoms with van der Waals surface area (Å²) in [6, 6.07) is 0. The second kappa shape index (κ2) is 5.93. The van der Waals surface area contributed by atoms with E-state index < -0.39 is 0 Å². The summed E-state index contributed by atoms with van der Waals surface area (Å²) in [6.45, 7) is 4.91. The summed E-state index contributed by atoms with van der Waals surface area (Å²) in [5.41, 5.74) is 0.152. The molecule has 72 valence electrons. The molecule has 5 nitrogen and oxygen atoms in total. The van der Waals surface area contributed by atoms with Gasteiger partial charge in [0.15, 0.2) is 5.90 Å². The van der Waals surface area contributed by atoms with E-state index in [2.05, 4.69) is 22.0 Å². The van der Waals surface area contributed by atoms with Gasteiger partial charge in [-0.1, -0.05) is 0 Å². The van der Waals surface area contributed by atoms with Gasteiger partial charge < -0.3 is 10.1 Å². The molecule has 0 aliphatic rings. The fourth-order valence-electron chi connectivity index (χ4n) is 0.504. The number of ether oxygens (including phenoxy) is 1. The van der Waals surface area contributed by atoms with E-state index >= 15 is 0 Å². The van der Waals surface area contributed by atoms with Crippen LogP contribution in [0.1, 0.15) is 6.92 Å². The van der Waals surface area contributed by atoms with Gasteiger partial charge in [0.25, 0.3) is 5.91 Å². The highest BCUT2D eigenvalue weighted by atomic mass is 16.5. The van der Waals surface area contributed by atoms with Crippen LogP contribution in [0.4, 0.5) is 0 Å². The average Bonchev–Trinajstić information content (AvgIpc) is 2.17. The quantitative estimate of drug-likeness (QED) is 0.389. The number of nitrogens with one attached hydrogen (secondary N) is 1. The number of methoxy groups -OCH3 is 1. The predicted octanol–water partition coefficient (Wildman–Crippen LogP) is 0.339. The van der Waals surface area contributed by atoms with Gasteiger partial charge in [-0.2, -0.15) is 0 Å². The number of nitrogens with zero attached hydrogens (tertiary/aromatic N) is 2. The Morgan fingerprint density at radius 2 is 2.23 bits per heavy atom. The van der Waals surface area contributed by atoms with Crippen molar-refractivity contribution in [2.75, 3.05) is 14.2 Å². The van der Waals surface area contributed by atoms with Crippen molar-refractivity contribution in [3.05, 3.63) is 11.9 Å². The molecule has 1 amide bonds. The van der Waals surface area contributed by atoms with Crippen LogP contribution in [0.25, 0.3) is 0 Å². The molecule has 0 aliphatic heterocycles. The van der Waals surface area contributed by atoms with Crippen LogP contribution in [-0.2, 0) is 9.53 Å². The van der Waals surface area contributed by atoms with E-state index in [-0.39, 0.29) is 11.6 Å². The maximum Gasteiger partial charge on any atom is 0.271 e. The lowest BCUT2D eigenvalue weighted by Crippen LogP contribution is -2.18. The van der Waals surface area contributed by atoms with Crippen molar-refractivity contribution < 1.29 is 9.53 Å². The molecule has 0 heterocycles. The molecule has 0 saturated carbocycles. The van der Waals surface area contributed by atoms with E-state index in [1.807, 2.05) is 0 Å². The second-order valence-electron chi connectivity index (χ2n) is 2.10. The van der Waals surface area contributed by atoms with E-state index in [1.54, 1.807) is 6.92 Å². The highest BCUT2D eigenvalue weighted by Crippen LogP contribution is 1.96. The third-order valence-corrected chi connectivity index (χ3v) is 1.29. The Labute approximate surface area is 77.2 Å². The molecule has 0 aliphatic carbocycles. The summed E-state index contributed by atoms with van der Waals surface area (Å²) in [5.74, 6) is 0.118. The molecule has 0 bridgehead atoms. The monoisotopic (exact) mass is 183 g/mol. The van der Waals surface area contributed by atoms with Gasteiger partial charge in [0.1, 0.15) is 5.70 Å². The summed E-state index contributed by atoms with van der Waals surface area (Å²) < 4.78 is 4.77. The molecule has 0 radical (unpaired) electrons. The van der Waals surface area contributed by atoms with E-state index in [9.17, 15) is 4.79 Å². The lowest BCUT2D eigenvalue weighted by molar-refractivity contribution is -0.117. The summed E-state index contributed by atoms with van der Waals surface area (Å²) in [5, 5.41) is 2.41. The zero-order valence-electron chi connectivity index (χ0n) is 8.00. The minimum Gasteiger partial charge on any atom is -0.484 e. The third kappa shape index (κ3) is 4.05. The zero-order chi connectivity index (χ0) is 10.3. The first-order valence-electron chi connectivity index (χ1n) is 3.63. The molecular formula is C8H13N3O2. The van der Waals surface area contributed by atoms with E-state index in [4.69, 9.17) is 4.74 Å². The van der Waals surface area contributed by atoms with Gasteiger partial charge in [-0.15, -0.1) is 0 Å². The van der Waals surface area contributed by atoms with Crippen LogP contribution < -0.4 is 5.32 Å². The van der Waals surface area contributed by atoms with E-state index in [0.717, 1.165) is 0 Å². The topological polar surface area (TPSA) is 63.1 Å². The molecular weight excluding hydrogens is 170 g/mol. The van der Waals surface area contributed by atoms with Crippen LogP contribution in [0.5, 0.6) is 0 Å². The molecule has 5 heteroatoms. The standard InChI is InChI=1S/C8H13N3O2/c1-6(13-4)11-5-7(9-2)8(12)10-3/h5H,2H2,1,3-4H3,(H,10,12)/b7-5-,11-6+. The fraction of sp³-hybridized carbons (Fsp3) is 0.375. The van der Waals surface area contributed by atoms with Gasteiger partial charge in [-0.3, -0.25) is 9.79 Å². The van der Waals surface area contributed by atoms with E-state index in [0.29, 0.717) is 5.90 Å². The van der Waals surface area contributed by atoms with Crippen LogP contribution in [-0.4, -0.2) is 32.7 Å². The minimum atomic E-state index is -0.331. The lowest BCUT2D eigenvalue weighted by Gasteiger charge is -1.97. The maximum absolute atomic E-state index is 11.0. The number of rotatable bonds is 3. The SMILES string of the molecule is C=N/C(=C\N=C(/C)OC)C(=O)NC. The van der Waals surface area contributed by atoms with Gasteiger partial charge in [0.2, 0.25) is 0 Å². The largest absolute Gasteiger partial charge is 0.484 e. The van der Waals surface area contributed by atoms with Crippen molar-refractivity contribution in [3.63, 3.8) is 0 Å². The number of likely N-dealkylation sites (N-methyl/N-ethyl adjacent to an activating group) is 1. The Hall–Kier alpha value is -1.65. The molecule has 13 heavy (non-hydrogen) atoms. The second-order valence-corrected chi connectivity index (χ2v) is 2.10. The molecule has 1 N–H and O–H groups in total. The Bertz CT molecular complexity index is 256. The lowest BCUT2D eigenvalue weighted by atomic mass is 10.4. The molecule has 0 aromatic carbocycles. The van der Waals surface area contributed by atoms with Crippen molar-refractivity contribution in [3.8, 4) is 0 Å². The Morgan fingerprint density at radius 3 is 2.62 bits per heavy atom. The number of amides is 1. The predicted molar refractivity (Wildman–Crippen MR) is 51.8 cm³/mol. The maximum atomic E-state index is 11.0. The molecule has 0 fully saturated rings. The van der Waals surface area contributed by atoms with Crippen molar-refractivity contribution in [2.24, 2.45) is 9.98 Å². The van der Waals surface area contributed by atoms with Crippen LogP contribution >= 0.6 is 0 Å². The number of aliphatic imine (C=N–C) groups is 2. The number of carbonyl (C=O) groups is 1. The summed E-state index contributed by atoms with van der Waals surface area (Å²) in [6.07, 6.45) is 1.30. The normalized spacial score (nSPS) is 12.2. The minimum absolute atomic E-state index is 0.152. The van der Waals surface area contributed by atoms with Crippen molar-refractivity contribution >= 4 is 18.5 Å². The Kier molecular flexibility index (Phi) is 5.18. The summed E-state index contributed by atoms with van der Waals surface area (Å²) in [4.78, 5) is 18.3. The van der Waals surface area contributed by atoms with Crippen LogP contribution in [0.3, 0.4) is 0 Å². The van der Waals surface area contributed by atoms with Crippen LogP contribution in [0, 0.1) is 0 Å². The van der Waals surface area contributed by atoms with Crippen molar-refractivity contribution in [2.45, 2.75) is 6.92 Å². The molecule has 0 saturated heterocycles.